The third-order valence-electron chi connectivity index (χ3n) is 3.15. The SMILES string of the molecule is CC(CNC(=O)OC(C)(C)C)NCc1coc2ccccc12. The van der Waals surface area contributed by atoms with E-state index in [1.54, 1.807) is 6.26 Å². The number of hydrogen-bond donors (Lipinski definition) is 2. The lowest BCUT2D eigenvalue weighted by molar-refractivity contribution is 0.0523. The zero-order valence-electron chi connectivity index (χ0n) is 13.6. The Bertz CT molecular complexity index is 628. The number of carbonyl (C=O) groups excluding carboxylic acids is 1. The largest absolute Gasteiger partial charge is 0.464 e. The number of amides is 1. The summed E-state index contributed by atoms with van der Waals surface area (Å²) in [4.78, 5) is 11.6. The van der Waals surface area contributed by atoms with Crippen LogP contribution < -0.4 is 10.6 Å². The number of para-hydroxylation sites is 1. The average Bonchev–Trinajstić information content (AvgIpc) is 2.84. The van der Waals surface area contributed by atoms with Crippen LogP contribution in [0.15, 0.2) is 34.9 Å². The van der Waals surface area contributed by atoms with Crippen LogP contribution in [0.3, 0.4) is 0 Å². The molecule has 0 bridgehead atoms. The minimum absolute atomic E-state index is 0.126. The molecule has 1 amide bonds. The monoisotopic (exact) mass is 304 g/mol. The van der Waals surface area contributed by atoms with E-state index >= 15 is 0 Å². The molecule has 1 heterocycles. The van der Waals surface area contributed by atoms with E-state index in [0.717, 1.165) is 16.5 Å². The molecular formula is C17H24N2O3. The standard InChI is InChI=1S/C17H24N2O3/c1-12(9-19-16(20)22-17(2,3)4)18-10-13-11-21-15-8-6-5-7-14(13)15/h5-8,11-12,18H,9-10H2,1-4H3,(H,19,20). The molecule has 0 spiro atoms. The van der Waals surface area contributed by atoms with Gasteiger partial charge in [-0.3, -0.25) is 0 Å². The summed E-state index contributed by atoms with van der Waals surface area (Å²) >= 11 is 0. The number of rotatable bonds is 5. The van der Waals surface area contributed by atoms with Crippen LogP contribution >= 0.6 is 0 Å². The molecular weight excluding hydrogens is 280 g/mol. The van der Waals surface area contributed by atoms with Gasteiger partial charge in [0.1, 0.15) is 11.2 Å². The van der Waals surface area contributed by atoms with Crippen LogP contribution in [0.4, 0.5) is 4.79 Å². The Morgan fingerprint density at radius 2 is 2.05 bits per heavy atom. The van der Waals surface area contributed by atoms with Crippen molar-refractivity contribution in [2.75, 3.05) is 6.54 Å². The van der Waals surface area contributed by atoms with Crippen LogP contribution in [-0.2, 0) is 11.3 Å². The van der Waals surface area contributed by atoms with E-state index < -0.39 is 11.7 Å². The molecule has 0 aliphatic rings. The van der Waals surface area contributed by atoms with Crippen molar-refractivity contribution >= 4 is 17.1 Å². The number of benzene rings is 1. The topological polar surface area (TPSA) is 63.5 Å². The predicted octanol–water partition coefficient (Wildman–Crippen LogP) is 3.44. The quantitative estimate of drug-likeness (QED) is 0.888. The molecule has 0 aliphatic carbocycles. The average molecular weight is 304 g/mol. The van der Waals surface area contributed by atoms with E-state index in [1.807, 2.05) is 52.0 Å². The lowest BCUT2D eigenvalue weighted by atomic mass is 10.1. The molecule has 2 N–H and O–H groups in total. The third-order valence-corrected chi connectivity index (χ3v) is 3.15. The molecule has 0 radical (unpaired) electrons. The Morgan fingerprint density at radius 3 is 2.77 bits per heavy atom. The highest BCUT2D eigenvalue weighted by molar-refractivity contribution is 5.80. The Labute approximate surface area is 131 Å². The lowest BCUT2D eigenvalue weighted by Gasteiger charge is -2.21. The van der Waals surface area contributed by atoms with Crippen molar-refractivity contribution in [1.29, 1.82) is 0 Å². The highest BCUT2D eigenvalue weighted by Gasteiger charge is 2.16. The first-order valence-electron chi connectivity index (χ1n) is 7.50. The van der Waals surface area contributed by atoms with Gasteiger partial charge in [0.05, 0.1) is 6.26 Å². The van der Waals surface area contributed by atoms with Gasteiger partial charge in [-0.2, -0.15) is 0 Å². The van der Waals surface area contributed by atoms with Crippen molar-refractivity contribution in [2.45, 2.75) is 45.9 Å². The molecule has 5 nitrogen and oxygen atoms in total. The zero-order valence-corrected chi connectivity index (χ0v) is 13.6. The fourth-order valence-corrected chi connectivity index (χ4v) is 2.08. The van der Waals surface area contributed by atoms with Crippen molar-refractivity contribution in [3.8, 4) is 0 Å². The minimum atomic E-state index is -0.476. The first-order chi connectivity index (χ1) is 10.3. The normalized spacial score (nSPS) is 13.1. The van der Waals surface area contributed by atoms with Gasteiger partial charge in [0.25, 0.3) is 0 Å². The van der Waals surface area contributed by atoms with Crippen LogP contribution in [0.1, 0.15) is 33.3 Å². The van der Waals surface area contributed by atoms with Crippen LogP contribution in [0.25, 0.3) is 11.0 Å². The number of alkyl carbamates (subject to hydrolysis) is 1. The molecule has 0 fully saturated rings. The fraction of sp³-hybridized carbons (Fsp3) is 0.471. The molecule has 120 valence electrons. The molecule has 22 heavy (non-hydrogen) atoms. The van der Waals surface area contributed by atoms with Gasteiger partial charge in [-0.15, -0.1) is 0 Å². The van der Waals surface area contributed by atoms with Crippen LogP contribution in [0, 0.1) is 0 Å². The van der Waals surface area contributed by atoms with Crippen LogP contribution in [0.2, 0.25) is 0 Å². The number of nitrogens with one attached hydrogen (secondary N) is 2. The summed E-state index contributed by atoms with van der Waals surface area (Å²) in [6.45, 7) is 8.74. The molecule has 1 aromatic heterocycles. The second-order valence-corrected chi connectivity index (χ2v) is 6.42. The smallest absolute Gasteiger partial charge is 0.407 e. The summed E-state index contributed by atoms with van der Waals surface area (Å²) in [5.74, 6) is 0. The first kappa shape index (κ1) is 16.4. The van der Waals surface area contributed by atoms with Gasteiger partial charge in [-0.05, 0) is 33.8 Å². The van der Waals surface area contributed by atoms with E-state index in [4.69, 9.17) is 9.15 Å². The van der Waals surface area contributed by atoms with E-state index in [2.05, 4.69) is 10.6 Å². The van der Waals surface area contributed by atoms with Gasteiger partial charge in [0, 0.05) is 30.1 Å². The minimum Gasteiger partial charge on any atom is -0.464 e. The molecule has 2 aromatic rings. The van der Waals surface area contributed by atoms with Crippen molar-refractivity contribution in [2.24, 2.45) is 0 Å². The van der Waals surface area contributed by atoms with Gasteiger partial charge in [0.15, 0.2) is 0 Å². The van der Waals surface area contributed by atoms with E-state index in [-0.39, 0.29) is 6.04 Å². The number of furan rings is 1. The van der Waals surface area contributed by atoms with Crippen molar-refractivity contribution in [1.82, 2.24) is 10.6 Å². The summed E-state index contributed by atoms with van der Waals surface area (Å²) < 4.78 is 10.7. The molecule has 1 unspecified atom stereocenters. The molecule has 0 aliphatic heterocycles. The Morgan fingerprint density at radius 1 is 1.32 bits per heavy atom. The lowest BCUT2D eigenvalue weighted by Crippen LogP contribution is -2.40. The summed E-state index contributed by atoms with van der Waals surface area (Å²) in [6, 6.07) is 8.07. The number of fused-ring (bicyclic) bond motifs is 1. The van der Waals surface area contributed by atoms with Crippen molar-refractivity contribution in [3.63, 3.8) is 0 Å². The van der Waals surface area contributed by atoms with Crippen molar-refractivity contribution < 1.29 is 13.9 Å². The number of hydrogen-bond acceptors (Lipinski definition) is 4. The van der Waals surface area contributed by atoms with Gasteiger partial charge in [0.2, 0.25) is 0 Å². The highest BCUT2D eigenvalue weighted by atomic mass is 16.6. The van der Waals surface area contributed by atoms with Crippen LogP contribution in [-0.4, -0.2) is 24.3 Å². The van der Waals surface area contributed by atoms with Crippen molar-refractivity contribution in [3.05, 3.63) is 36.1 Å². The molecule has 2 rings (SSSR count). The Balaban J connectivity index is 1.78. The first-order valence-corrected chi connectivity index (χ1v) is 7.50. The Kier molecular flexibility index (Phi) is 5.08. The second kappa shape index (κ2) is 6.83. The van der Waals surface area contributed by atoms with E-state index in [9.17, 15) is 4.79 Å². The molecule has 0 saturated carbocycles. The Hall–Kier alpha value is -2.01. The van der Waals surface area contributed by atoms with Gasteiger partial charge >= 0.3 is 6.09 Å². The van der Waals surface area contributed by atoms with Gasteiger partial charge < -0.3 is 19.8 Å². The maximum absolute atomic E-state index is 11.6. The zero-order chi connectivity index (χ0) is 16.2. The highest BCUT2D eigenvalue weighted by Crippen LogP contribution is 2.20. The molecule has 0 saturated heterocycles. The van der Waals surface area contributed by atoms with Gasteiger partial charge in [-0.25, -0.2) is 4.79 Å². The maximum Gasteiger partial charge on any atom is 0.407 e. The summed E-state index contributed by atoms with van der Waals surface area (Å²) in [7, 11) is 0. The number of ether oxygens (including phenoxy) is 1. The maximum atomic E-state index is 11.6. The summed E-state index contributed by atoms with van der Waals surface area (Å²) in [6.07, 6.45) is 1.38. The third kappa shape index (κ3) is 4.77. The second-order valence-electron chi connectivity index (χ2n) is 6.42. The van der Waals surface area contributed by atoms with E-state index in [1.165, 1.54) is 0 Å². The fourth-order valence-electron chi connectivity index (χ4n) is 2.08. The van der Waals surface area contributed by atoms with Crippen LogP contribution in [0.5, 0.6) is 0 Å². The predicted molar refractivity (Wildman–Crippen MR) is 86.8 cm³/mol. The molecule has 5 heteroatoms. The van der Waals surface area contributed by atoms with Gasteiger partial charge in [-0.1, -0.05) is 18.2 Å². The molecule has 1 aromatic carbocycles. The molecule has 1 atom stereocenters. The summed E-state index contributed by atoms with van der Waals surface area (Å²) in [5, 5.41) is 7.24. The number of carbonyl (C=O) groups is 1. The summed E-state index contributed by atoms with van der Waals surface area (Å²) in [5.41, 5.74) is 1.52. The van der Waals surface area contributed by atoms with E-state index in [0.29, 0.717) is 13.1 Å².